The zero-order chi connectivity index (χ0) is 21.4. The Labute approximate surface area is 169 Å². The molecule has 2 amide bonds. The molecule has 1 aromatic heterocycles. The maximum Gasteiger partial charge on any atom is 0.437 e. The first-order chi connectivity index (χ1) is 14.3. The van der Waals surface area contributed by atoms with Crippen molar-refractivity contribution in [3.8, 4) is 0 Å². The lowest BCUT2D eigenvalue weighted by molar-refractivity contribution is -0.293. The predicted molar refractivity (Wildman–Crippen MR) is 96.3 cm³/mol. The molecule has 4 rings (SSSR count). The molecule has 8 nitrogen and oxygen atoms in total. The summed E-state index contributed by atoms with van der Waals surface area (Å²) >= 11 is 0. The van der Waals surface area contributed by atoms with Crippen LogP contribution < -0.4 is 4.90 Å². The Kier molecular flexibility index (Phi) is 5.16. The van der Waals surface area contributed by atoms with Crippen LogP contribution in [0.5, 0.6) is 0 Å². The molecule has 0 radical (unpaired) electrons. The number of rotatable bonds is 2. The first kappa shape index (κ1) is 20.2. The third-order valence-electron chi connectivity index (χ3n) is 4.82. The van der Waals surface area contributed by atoms with Crippen molar-refractivity contribution in [1.29, 1.82) is 0 Å². The standard InChI is InChI=1S/C19H17F3N4O4/c20-13-2-4-14(5-3-13)26-11-18(30-19(21,22)17(26)28)10-25(8-9-29-12-18)16(27)15-23-6-1-7-24-15/h1-7H,8-12H2. The Morgan fingerprint density at radius 1 is 1.10 bits per heavy atom. The summed E-state index contributed by atoms with van der Waals surface area (Å²) in [6.07, 6.45) is -1.37. The average Bonchev–Trinajstić information content (AvgIpc) is 2.94. The summed E-state index contributed by atoms with van der Waals surface area (Å²) in [7, 11) is 0. The van der Waals surface area contributed by atoms with Crippen LogP contribution >= 0.6 is 0 Å². The van der Waals surface area contributed by atoms with E-state index in [0.717, 1.165) is 17.0 Å². The van der Waals surface area contributed by atoms with Gasteiger partial charge in [0.2, 0.25) is 5.82 Å². The second kappa shape index (κ2) is 7.65. The lowest BCUT2D eigenvalue weighted by Crippen LogP contribution is -2.66. The number of hydrogen-bond donors (Lipinski definition) is 0. The molecular formula is C19H17F3N4O4. The lowest BCUT2D eigenvalue weighted by atomic mass is 10.00. The first-order valence-corrected chi connectivity index (χ1v) is 9.09. The highest BCUT2D eigenvalue weighted by Crippen LogP contribution is 2.37. The Hall–Kier alpha value is -3.05. The van der Waals surface area contributed by atoms with Crippen molar-refractivity contribution in [2.75, 3.05) is 37.7 Å². The normalized spacial score (nSPS) is 24.0. The summed E-state index contributed by atoms with van der Waals surface area (Å²) in [6, 6.07) is 6.12. The third kappa shape index (κ3) is 3.85. The third-order valence-corrected chi connectivity index (χ3v) is 4.82. The number of hydrogen-bond acceptors (Lipinski definition) is 6. The number of halogens is 3. The lowest BCUT2D eigenvalue weighted by Gasteiger charge is -2.45. The molecule has 11 heteroatoms. The molecule has 0 saturated carbocycles. The molecule has 2 fully saturated rings. The molecule has 0 bridgehead atoms. The summed E-state index contributed by atoms with van der Waals surface area (Å²) in [5, 5.41) is 0. The van der Waals surface area contributed by atoms with Crippen LogP contribution in [0.3, 0.4) is 0 Å². The van der Waals surface area contributed by atoms with Gasteiger partial charge in [0.05, 0.1) is 26.3 Å². The topological polar surface area (TPSA) is 84.9 Å². The van der Waals surface area contributed by atoms with Crippen molar-refractivity contribution in [2.24, 2.45) is 0 Å². The maximum atomic E-state index is 14.6. The number of carbonyl (C=O) groups is 2. The van der Waals surface area contributed by atoms with E-state index in [4.69, 9.17) is 9.47 Å². The number of anilines is 1. The van der Waals surface area contributed by atoms with Gasteiger partial charge >= 0.3 is 12.0 Å². The summed E-state index contributed by atoms with van der Waals surface area (Å²) in [4.78, 5) is 34.9. The van der Waals surface area contributed by atoms with E-state index in [2.05, 4.69) is 9.97 Å². The van der Waals surface area contributed by atoms with Gasteiger partial charge in [0.25, 0.3) is 5.91 Å². The minimum Gasteiger partial charge on any atom is -0.376 e. The fraction of sp³-hybridized carbons (Fsp3) is 0.368. The summed E-state index contributed by atoms with van der Waals surface area (Å²) < 4.78 is 52.7. The summed E-state index contributed by atoms with van der Waals surface area (Å²) in [5.74, 6) is -2.81. The highest BCUT2D eigenvalue weighted by atomic mass is 19.3. The molecule has 2 saturated heterocycles. The molecule has 1 spiro atoms. The van der Waals surface area contributed by atoms with Crippen LogP contribution in [0.15, 0.2) is 42.7 Å². The van der Waals surface area contributed by atoms with E-state index in [1.807, 2.05) is 0 Å². The molecule has 1 aromatic carbocycles. The average molecular weight is 422 g/mol. The first-order valence-electron chi connectivity index (χ1n) is 9.09. The van der Waals surface area contributed by atoms with Crippen molar-refractivity contribution >= 4 is 17.5 Å². The van der Waals surface area contributed by atoms with E-state index < -0.39 is 29.3 Å². The van der Waals surface area contributed by atoms with Gasteiger partial charge in [0, 0.05) is 24.6 Å². The zero-order valence-corrected chi connectivity index (χ0v) is 15.6. The number of morpholine rings is 1. The quantitative estimate of drug-likeness (QED) is 0.729. The van der Waals surface area contributed by atoms with Crippen LogP contribution in [0.25, 0.3) is 0 Å². The van der Waals surface area contributed by atoms with Crippen LogP contribution in [0, 0.1) is 5.82 Å². The molecular weight excluding hydrogens is 405 g/mol. The van der Waals surface area contributed by atoms with Gasteiger partial charge in [0.15, 0.2) is 0 Å². The molecule has 0 aliphatic carbocycles. The second-order valence-corrected chi connectivity index (χ2v) is 7.02. The fourth-order valence-corrected chi connectivity index (χ4v) is 3.48. The van der Waals surface area contributed by atoms with E-state index in [-0.39, 0.29) is 44.4 Å². The van der Waals surface area contributed by atoms with Gasteiger partial charge in [-0.15, -0.1) is 0 Å². The number of benzene rings is 1. The van der Waals surface area contributed by atoms with Crippen molar-refractivity contribution in [1.82, 2.24) is 14.9 Å². The van der Waals surface area contributed by atoms with E-state index in [1.165, 1.54) is 29.4 Å². The van der Waals surface area contributed by atoms with E-state index in [1.54, 1.807) is 6.07 Å². The Morgan fingerprint density at radius 2 is 1.80 bits per heavy atom. The van der Waals surface area contributed by atoms with Crippen LogP contribution in [-0.2, 0) is 14.3 Å². The molecule has 0 N–H and O–H groups in total. The summed E-state index contributed by atoms with van der Waals surface area (Å²) in [6.45, 7) is -0.665. The van der Waals surface area contributed by atoms with Crippen molar-refractivity contribution in [3.05, 3.63) is 54.4 Å². The van der Waals surface area contributed by atoms with E-state index in [0.29, 0.717) is 0 Å². The van der Waals surface area contributed by atoms with Crippen molar-refractivity contribution in [2.45, 2.75) is 11.7 Å². The second-order valence-electron chi connectivity index (χ2n) is 7.02. The Balaban J connectivity index is 1.65. The number of carbonyl (C=O) groups excluding carboxylic acids is 2. The van der Waals surface area contributed by atoms with Crippen LogP contribution in [-0.4, -0.2) is 71.2 Å². The van der Waals surface area contributed by atoms with Crippen molar-refractivity contribution < 1.29 is 32.2 Å². The van der Waals surface area contributed by atoms with Gasteiger partial charge in [-0.1, -0.05) is 0 Å². The number of nitrogens with zero attached hydrogens (tertiary/aromatic N) is 4. The molecule has 30 heavy (non-hydrogen) atoms. The molecule has 2 aromatic rings. The minimum atomic E-state index is -4.15. The molecule has 158 valence electrons. The molecule has 2 aliphatic rings. The number of alkyl halides is 2. The van der Waals surface area contributed by atoms with Gasteiger partial charge in [-0.2, -0.15) is 8.78 Å². The summed E-state index contributed by atoms with van der Waals surface area (Å²) in [5.41, 5.74) is -1.62. The predicted octanol–water partition coefficient (Wildman–Crippen LogP) is 1.48. The van der Waals surface area contributed by atoms with Crippen LogP contribution in [0.1, 0.15) is 10.6 Å². The fourth-order valence-electron chi connectivity index (χ4n) is 3.48. The van der Waals surface area contributed by atoms with Gasteiger partial charge in [-0.05, 0) is 30.3 Å². The van der Waals surface area contributed by atoms with Gasteiger partial charge in [0.1, 0.15) is 11.4 Å². The molecule has 1 atom stereocenters. The highest BCUT2D eigenvalue weighted by molar-refractivity contribution is 5.98. The number of amides is 2. The SMILES string of the molecule is O=C(c1ncccn1)N1CCOCC2(C1)CN(c1ccc(F)cc1)C(=O)C(F)(F)O2. The molecule has 1 unspecified atom stereocenters. The van der Waals surface area contributed by atoms with E-state index in [9.17, 15) is 22.8 Å². The van der Waals surface area contributed by atoms with E-state index >= 15 is 0 Å². The van der Waals surface area contributed by atoms with Crippen molar-refractivity contribution in [3.63, 3.8) is 0 Å². The highest BCUT2D eigenvalue weighted by Gasteiger charge is 2.58. The van der Waals surface area contributed by atoms with Crippen LogP contribution in [0.4, 0.5) is 18.9 Å². The van der Waals surface area contributed by atoms with Gasteiger partial charge in [-0.25, -0.2) is 14.4 Å². The van der Waals surface area contributed by atoms with Crippen LogP contribution in [0.2, 0.25) is 0 Å². The monoisotopic (exact) mass is 422 g/mol. The molecule has 2 aliphatic heterocycles. The zero-order valence-electron chi connectivity index (χ0n) is 15.6. The van der Waals surface area contributed by atoms with Gasteiger partial charge in [-0.3, -0.25) is 14.3 Å². The minimum absolute atomic E-state index is 0.0808. The number of aromatic nitrogens is 2. The smallest absolute Gasteiger partial charge is 0.376 e. The Morgan fingerprint density at radius 3 is 2.50 bits per heavy atom. The largest absolute Gasteiger partial charge is 0.437 e. The molecule has 3 heterocycles. The number of ether oxygens (including phenoxy) is 2. The van der Waals surface area contributed by atoms with Gasteiger partial charge < -0.3 is 14.5 Å². The Bertz CT molecular complexity index is 945. The maximum absolute atomic E-state index is 14.6.